The lowest BCUT2D eigenvalue weighted by Gasteiger charge is -2.36. The number of fused-ring (bicyclic) bond motifs is 1. The normalized spacial score (nSPS) is 16.1. The number of amides is 2. The van der Waals surface area contributed by atoms with Crippen molar-refractivity contribution < 1.29 is 23.9 Å². The Bertz CT molecular complexity index is 745. The minimum atomic E-state index is -1.11. The second kappa shape index (κ2) is 7.85. The van der Waals surface area contributed by atoms with Gasteiger partial charge in [0, 0.05) is 26.7 Å². The van der Waals surface area contributed by atoms with Gasteiger partial charge in [-0.25, -0.2) is 4.79 Å². The maximum atomic E-state index is 12.4. The molecule has 1 aromatic rings. The molecular formula is C19H27N3O5. The smallest absolute Gasteiger partial charge is 0.330 e. The van der Waals surface area contributed by atoms with Gasteiger partial charge in [-0.05, 0) is 32.0 Å². The molecule has 0 saturated heterocycles. The van der Waals surface area contributed by atoms with Crippen molar-refractivity contribution in [3.05, 3.63) is 23.8 Å². The van der Waals surface area contributed by atoms with Crippen LogP contribution in [-0.4, -0.2) is 69.1 Å². The number of likely N-dealkylation sites (N-methyl/N-ethyl adjacent to an activating group) is 1. The van der Waals surface area contributed by atoms with Crippen molar-refractivity contribution in [2.24, 2.45) is 0 Å². The Balaban J connectivity index is 2.12. The number of rotatable bonds is 5. The molecular weight excluding hydrogens is 350 g/mol. The number of methoxy groups -OCH3 is 1. The van der Waals surface area contributed by atoms with Crippen LogP contribution in [0.2, 0.25) is 0 Å². The Morgan fingerprint density at radius 3 is 2.59 bits per heavy atom. The van der Waals surface area contributed by atoms with E-state index in [-0.39, 0.29) is 24.3 Å². The molecule has 27 heavy (non-hydrogen) atoms. The number of nitrogens with one attached hydrogen (secondary N) is 1. The molecule has 0 saturated carbocycles. The van der Waals surface area contributed by atoms with E-state index in [9.17, 15) is 14.4 Å². The van der Waals surface area contributed by atoms with Crippen LogP contribution in [0.5, 0.6) is 5.75 Å². The number of benzene rings is 1. The Hall–Kier alpha value is -2.77. The first-order valence-corrected chi connectivity index (χ1v) is 8.67. The predicted octanol–water partition coefficient (Wildman–Crippen LogP) is 1.04. The van der Waals surface area contributed by atoms with Crippen molar-refractivity contribution in [3.8, 4) is 5.75 Å². The topological polar surface area (TPSA) is 88.2 Å². The Labute approximate surface area is 159 Å². The summed E-state index contributed by atoms with van der Waals surface area (Å²) in [6, 6.07) is 5.02. The molecule has 0 aromatic heterocycles. The van der Waals surface area contributed by atoms with Crippen molar-refractivity contribution in [2.75, 3.05) is 39.8 Å². The second-order valence-corrected chi connectivity index (χ2v) is 7.33. The van der Waals surface area contributed by atoms with Gasteiger partial charge in [0.15, 0.2) is 0 Å². The van der Waals surface area contributed by atoms with Crippen LogP contribution >= 0.6 is 0 Å². The van der Waals surface area contributed by atoms with Crippen molar-refractivity contribution in [1.29, 1.82) is 0 Å². The van der Waals surface area contributed by atoms with E-state index in [1.54, 1.807) is 46.1 Å². The molecule has 1 heterocycles. The Kier molecular flexibility index (Phi) is 5.98. The van der Waals surface area contributed by atoms with Gasteiger partial charge in [-0.2, -0.15) is 0 Å². The lowest BCUT2D eigenvalue weighted by atomic mass is 10.0. The maximum absolute atomic E-state index is 12.4. The Morgan fingerprint density at radius 2 is 2.00 bits per heavy atom. The number of hydrogen-bond acceptors (Lipinski definition) is 6. The molecule has 0 bridgehead atoms. The minimum absolute atomic E-state index is 0.106. The van der Waals surface area contributed by atoms with Gasteiger partial charge in [-0.1, -0.05) is 0 Å². The fourth-order valence-corrected chi connectivity index (χ4v) is 2.92. The summed E-state index contributed by atoms with van der Waals surface area (Å²) in [6.45, 7) is 3.51. The summed E-state index contributed by atoms with van der Waals surface area (Å²) < 4.78 is 10.5. The van der Waals surface area contributed by atoms with E-state index in [4.69, 9.17) is 9.47 Å². The standard InChI is InChI=1S/C19H27N3O5/c1-19(2,18(25)26-6)20-16(23)10-13-11-27-15-8-7-12(17(24)21(3)4)9-14(15)22(13)5/h7-9,13H,10-11H2,1-6H3,(H,20,23). The van der Waals surface area contributed by atoms with Gasteiger partial charge < -0.3 is 24.6 Å². The van der Waals surface area contributed by atoms with Crippen LogP contribution in [0.25, 0.3) is 0 Å². The molecule has 2 rings (SSSR count). The molecule has 1 aromatic carbocycles. The van der Waals surface area contributed by atoms with E-state index in [0.717, 1.165) is 5.69 Å². The van der Waals surface area contributed by atoms with Crippen LogP contribution in [0.3, 0.4) is 0 Å². The first-order chi connectivity index (χ1) is 12.6. The van der Waals surface area contributed by atoms with Gasteiger partial charge in [0.1, 0.15) is 17.9 Å². The average molecular weight is 377 g/mol. The molecule has 0 fully saturated rings. The summed E-state index contributed by atoms with van der Waals surface area (Å²) in [5, 5.41) is 2.69. The van der Waals surface area contributed by atoms with E-state index < -0.39 is 11.5 Å². The Morgan fingerprint density at radius 1 is 1.33 bits per heavy atom. The zero-order valence-corrected chi connectivity index (χ0v) is 16.7. The zero-order valence-electron chi connectivity index (χ0n) is 16.7. The number of ether oxygens (including phenoxy) is 2. The maximum Gasteiger partial charge on any atom is 0.330 e. The number of carbonyl (C=O) groups excluding carboxylic acids is 3. The molecule has 0 aliphatic carbocycles. The number of esters is 1. The molecule has 1 aliphatic heterocycles. The highest BCUT2D eigenvalue weighted by molar-refractivity contribution is 5.95. The SMILES string of the molecule is COC(=O)C(C)(C)NC(=O)CC1COc2ccc(C(=O)N(C)C)cc2N1C. The third-order valence-electron chi connectivity index (χ3n) is 4.54. The molecule has 1 N–H and O–H groups in total. The van der Waals surface area contributed by atoms with Crippen LogP contribution in [0.1, 0.15) is 30.6 Å². The van der Waals surface area contributed by atoms with Crippen LogP contribution in [0, 0.1) is 0 Å². The lowest BCUT2D eigenvalue weighted by Crippen LogP contribution is -2.52. The van der Waals surface area contributed by atoms with E-state index >= 15 is 0 Å². The summed E-state index contributed by atoms with van der Waals surface area (Å²) in [5.74, 6) is -0.235. The molecule has 8 heteroatoms. The van der Waals surface area contributed by atoms with Crippen molar-refractivity contribution in [3.63, 3.8) is 0 Å². The van der Waals surface area contributed by atoms with Crippen molar-refractivity contribution in [1.82, 2.24) is 10.2 Å². The largest absolute Gasteiger partial charge is 0.489 e. The van der Waals surface area contributed by atoms with Gasteiger partial charge in [-0.3, -0.25) is 9.59 Å². The summed E-state index contributed by atoms with van der Waals surface area (Å²) in [4.78, 5) is 39.8. The van der Waals surface area contributed by atoms with Crippen LogP contribution in [0.4, 0.5) is 5.69 Å². The van der Waals surface area contributed by atoms with Crippen molar-refractivity contribution >= 4 is 23.5 Å². The number of carbonyl (C=O) groups is 3. The van der Waals surface area contributed by atoms with E-state index in [2.05, 4.69) is 5.32 Å². The molecule has 8 nitrogen and oxygen atoms in total. The monoisotopic (exact) mass is 377 g/mol. The highest BCUT2D eigenvalue weighted by atomic mass is 16.5. The molecule has 1 aliphatic rings. The van der Waals surface area contributed by atoms with Gasteiger partial charge in [0.05, 0.1) is 25.3 Å². The van der Waals surface area contributed by atoms with Gasteiger partial charge in [-0.15, -0.1) is 0 Å². The average Bonchev–Trinajstić information content (AvgIpc) is 2.61. The van der Waals surface area contributed by atoms with E-state index in [0.29, 0.717) is 17.9 Å². The molecule has 1 unspecified atom stereocenters. The first kappa shape index (κ1) is 20.5. The molecule has 148 valence electrons. The van der Waals surface area contributed by atoms with Gasteiger partial charge in [0.25, 0.3) is 5.91 Å². The van der Waals surface area contributed by atoms with Crippen molar-refractivity contribution in [2.45, 2.75) is 31.8 Å². The number of hydrogen-bond donors (Lipinski definition) is 1. The second-order valence-electron chi connectivity index (χ2n) is 7.33. The zero-order chi connectivity index (χ0) is 20.4. The van der Waals surface area contributed by atoms with Crippen LogP contribution in [0.15, 0.2) is 18.2 Å². The molecule has 1 atom stereocenters. The van der Waals surface area contributed by atoms with Crippen LogP contribution < -0.4 is 15.0 Å². The number of nitrogens with zero attached hydrogens (tertiary/aromatic N) is 2. The fourth-order valence-electron chi connectivity index (χ4n) is 2.92. The predicted molar refractivity (Wildman–Crippen MR) is 101 cm³/mol. The third-order valence-corrected chi connectivity index (χ3v) is 4.54. The minimum Gasteiger partial charge on any atom is -0.489 e. The van der Waals surface area contributed by atoms with Crippen LogP contribution in [-0.2, 0) is 14.3 Å². The highest BCUT2D eigenvalue weighted by Gasteiger charge is 2.33. The molecule has 0 spiro atoms. The third kappa shape index (κ3) is 4.50. The summed E-state index contributed by atoms with van der Waals surface area (Å²) in [6.07, 6.45) is 0.141. The van der Waals surface area contributed by atoms with E-state index in [1.807, 2.05) is 11.9 Å². The van der Waals surface area contributed by atoms with Gasteiger partial charge >= 0.3 is 5.97 Å². The number of anilines is 1. The highest BCUT2D eigenvalue weighted by Crippen LogP contribution is 2.34. The molecule has 0 radical (unpaired) electrons. The summed E-state index contributed by atoms with van der Waals surface area (Å²) in [5.41, 5.74) is 0.188. The quantitative estimate of drug-likeness (QED) is 0.772. The first-order valence-electron chi connectivity index (χ1n) is 8.67. The van der Waals surface area contributed by atoms with E-state index in [1.165, 1.54) is 12.0 Å². The van der Waals surface area contributed by atoms with Gasteiger partial charge in [0.2, 0.25) is 5.91 Å². The summed E-state index contributed by atoms with van der Waals surface area (Å²) >= 11 is 0. The molecule has 2 amide bonds. The summed E-state index contributed by atoms with van der Waals surface area (Å²) in [7, 11) is 6.52. The fraction of sp³-hybridized carbons (Fsp3) is 0.526. The lowest BCUT2D eigenvalue weighted by molar-refractivity contribution is -0.149.